The molecular weight excluding hydrogens is 236 g/mol. The van der Waals surface area contributed by atoms with E-state index in [0.717, 1.165) is 32.7 Å². The van der Waals surface area contributed by atoms with Gasteiger partial charge in [0.25, 0.3) is 0 Å². The van der Waals surface area contributed by atoms with Crippen LogP contribution in [0.2, 0.25) is 0 Å². The molecule has 0 aliphatic carbocycles. The van der Waals surface area contributed by atoms with E-state index >= 15 is 0 Å². The van der Waals surface area contributed by atoms with Gasteiger partial charge in [-0.25, -0.2) is 0 Å². The van der Waals surface area contributed by atoms with Gasteiger partial charge in [0, 0.05) is 32.4 Å². The van der Waals surface area contributed by atoms with Crippen LogP contribution in [-0.2, 0) is 4.74 Å². The molecule has 3 nitrogen and oxygen atoms in total. The second-order valence-electron chi connectivity index (χ2n) is 5.63. The molecule has 0 radical (unpaired) electrons. The number of aryl methyl sites for hydroxylation is 3. The molecule has 1 aliphatic rings. The molecule has 0 bridgehead atoms. The molecule has 1 aromatic carbocycles. The first kappa shape index (κ1) is 14.4. The van der Waals surface area contributed by atoms with Crippen LogP contribution >= 0.6 is 0 Å². The number of nitrogens with one attached hydrogen (secondary N) is 1. The third kappa shape index (κ3) is 3.71. The quantitative estimate of drug-likeness (QED) is 0.902. The third-order valence-corrected chi connectivity index (χ3v) is 4.01. The van der Waals surface area contributed by atoms with E-state index < -0.39 is 0 Å². The standard InChI is InChI=1S/C16H26N2O/c1-12-9-14(3)16(10-13(12)2)18(4)7-5-15-11-17-6-8-19-15/h9-10,15,17H,5-8,11H2,1-4H3. The smallest absolute Gasteiger partial charge is 0.0716 e. The van der Waals surface area contributed by atoms with Gasteiger partial charge in [-0.15, -0.1) is 0 Å². The van der Waals surface area contributed by atoms with Crippen molar-refractivity contribution in [3.63, 3.8) is 0 Å². The zero-order chi connectivity index (χ0) is 13.8. The first-order chi connectivity index (χ1) is 9.08. The van der Waals surface area contributed by atoms with E-state index in [4.69, 9.17) is 4.74 Å². The molecule has 0 amide bonds. The predicted molar refractivity (Wildman–Crippen MR) is 81.1 cm³/mol. The van der Waals surface area contributed by atoms with Gasteiger partial charge in [0.1, 0.15) is 0 Å². The lowest BCUT2D eigenvalue weighted by molar-refractivity contribution is 0.0250. The van der Waals surface area contributed by atoms with Crippen LogP contribution in [0.25, 0.3) is 0 Å². The summed E-state index contributed by atoms with van der Waals surface area (Å²) in [6, 6.07) is 4.57. The van der Waals surface area contributed by atoms with E-state index in [-0.39, 0.29) is 0 Å². The molecule has 1 atom stereocenters. The maximum absolute atomic E-state index is 5.75. The Hall–Kier alpha value is -1.06. The number of nitrogens with zero attached hydrogens (tertiary/aromatic N) is 1. The summed E-state index contributed by atoms with van der Waals surface area (Å²) in [6.07, 6.45) is 1.44. The van der Waals surface area contributed by atoms with Crippen LogP contribution in [0, 0.1) is 20.8 Å². The van der Waals surface area contributed by atoms with Gasteiger partial charge in [-0.1, -0.05) is 6.07 Å². The van der Waals surface area contributed by atoms with Gasteiger partial charge in [-0.05, 0) is 49.9 Å². The zero-order valence-corrected chi connectivity index (χ0v) is 12.6. The summed E-state index contributed by atoms with van der Waals surface area (Å²) in [5, 5.41) is 3.38. The molecule has 1 aromatic rings. The van der Waals surface area contributed by atoms with Gasteiger partial charge in [0.15, 0.2) is 0 Å². The van der Waals surface area contributed by atoms with Crippen LogP contribution in [0.3, 0.4) is 0 Å². The molecule has 106 valence electrons. The Bertz CT molecular complexity index is 425. The highest BCUT2D eigenvalue weighted by atomic mass is 16.5. The van der Waals surface area contributed by atoms with E-state index in [1.54, 1.807) is 0 Å². The Kier molecular flexibility index (Phi) is 4.83. The monoisotopic (exact) mass is 262 g/mol. The minimum absolute atomic E-state index is 0.364. The van der Waals surface area contributed by atoms with Gasteiger partial charge >= 0.3 is 0 Å². The predicted octanol–water partition coefficient (Wildman–Crippen LogP) is 2.43. The molecular formula is C16H26N2O. The number of morpholine rings is 1. The highest BCUT2D eigenvalue weighted by Crippen LogP contribution is 2.23. The topological polar surface area (TPSA) is 24.5 Å². The van der Waals surface area contributed by atoms with E-state index in [1.165, 1.54) is 22.4 Å². The Morgan fingerprint density at radius 2 is 1.95 bits per heavy atom. The molecule has 1 saturated heterocycles. The highest BCUT2D eigenvalue weighted by Gasteiger charge is 2.14. The molecule has 0 saturated carbocycles. The van der Waals surface area contributed by atoms with Crippen molar-refractivity contribution in [2.24, 2.45) is 0 Å². The fraction of sp³-hybridized carbons (Fsp3) is 0.625. The van der Waals surface area contributed by atoms with Gasteiger partial charge in [0.2, 0.25) is 0 Å². The zero-order valence-electron chi connectivity index (χ0n) is 12.6. The molecule has 3 heteroatoms. The Morgan fingerprint density at radius 1 is 1.21 bits per heavy atom. The molecule has 1 heterocycles. The van der Waals surface area contributed by atoms with Gasteiger partial charge < -0.3 is 15.0 Å². The molecule has 1 aliphatic heterocycles. The van der Waals surface area contributed by atoms with Crippen LogP contribution in [-0.4, -0.2) is 39.4 Å². The van der Waals surface area contributed by atoms with Crippen molar-refractivity contribution in [2.45, 2.75) is 33.3 Å². The molecule has 0 spiro atoms. The van der Waals surface area contributed by atoms with E-state index in [1.807, 2.05) is 0 Å². The van der Waals surface area contributed by atoms with E-state index in [2.05, 4.69) is 50.2 Å². The Balaban J connectivity index is 1.95. The van der Waals surface area contributed by atoms with Crippen molar-refractivity contribution in [2.75, 3.05) is 38.2 Å². The highest BCUT2D eigenvalue weighted by molar-refractivity contribution is 5.56. The molecule has 1 unspecified atom stereocenters. The van der Waals surface area contributed by atoms with Crippen molar-refractivity contribution >= 4 is 5.69 Å². The number of hydrogen-bond acceptors (Lipinski definition) is 3. The molecule has 19 heavy (non-hydrogen) atoms. The van der Waals surface area contributed by atoms with Crippen LogP contribution in [0.1, 0.15) is 23.1 Å². The number of ether oxygens (including phenoxy) is 1. The number of anilines is 1. The lowest BCUT2D eigenvalue weighted by atomic mass is 10.0. The largest absolute Gasteiger partial charge is 0.376 e. The van der Waals surface area contributed by atoms with E-state index in [9.17, 15) is 0 Å². The van der Waals surface area contributed by atoms with Gasteiger partial charge in [-0.3, -0.25) is 0 Å². The second-order valence-corrected chi connectivity index (χ2v) is 5.63. The Morgan fingerprint density at radius 3 is 2.63 bits per heavy atom. The normalized spacial score (nSPS) is 19.5. The first-order valence-corrected chi connectivity index (χ1v) is 7.19. The summed E-state index contributed by atoms with van der Waals surface area (Å²) in [5.41, 5.74) is 5.43. The molecule has 1 N–H and O–H groups in total. The van der Waals surface area contributed by atoms with Crippen LogP contribution in [0.5, 0.6) is 0 Å². The average Bonchev–Trinajstić information content (AvgIpc) is 2.41. The fourth-order valence-electron chi connectivity index (χ4n) is 2.62. The molecule has 1 fully saturated rings. The number of hydrogen-bond donors (Lipinski definition) is 1. The maximum Gasteiger partial charge on any atom is 0.0716 e. The third-order valence-electron chi connectivity index (χ3n) is 4.01. The summed E-state index contributed by atoms with van der Waals surface area (Å²) in [5.74, 6) is 0. The number of rotatable bonds is 4. The minimum Gasteiger partial charge on any atom is -0.376 e. The van der Waals surface area contributed by atoms with Gasteiger partial charge in [0.05, 0.1) is 12.7 Å². The minimum atomic E-state index is 0.364. The van der Waals surface area contributed by atoms with Crippen LogP contribution in [0.15, 0.2) is 12.1 Å². The van der Waals surface area contributed by atoms with Crippen LogP contribution in [0.4, 0.5) is 5.69 Å². The molecule has 2 rings (SSSR count). The van der Waals surface area contributed by atoms with Crippen LogP contribution < -0.4 is 10.2 Å². The van der Waals surface area contributed by atoms with Crippen molar-refractivity contribution in [1.82, 2.24) is 5.32 Å². The summed E-state index contributed by atoms with van der Waals surface area (Å²) in [4.78, 5) is 2.35. The van der Waals surface area contributed by atoms with Crippen molar-refractivity contribution in [3.8, 4) is 0 Å². The lowest BCUT2D eigenvalue weighted by Crippen LogP contribution is -2.40. The lowest BCUT2D eigenvalue weighted by Gasteiger charge is -2.28. The average molecular weight is 262 g/mol. The summed E-state index contributed by atoms with van der Waals surface area (Å²) >= 11 is 0. The van der Waals surface area contributed by atoms with Crippen molar-refractivity contribution in [3.05, 3.63) is 28.8 Å². The maximum atomic E-state index is 5.75. The van der Waals surface area contributed by atoms with Crippen molar-refractivity contribution < 1.29 is 4.74 Å². The van der Waals surface area contributed by atoms with Gasteiger partial charge in [-0.2, -0.15) is 0 Å². The molecule has 0 aromatic heterocycles. The summed E-state index contributed by atoms with van der Waals surface area (Å²) < 4.78 is 5.75. The van der Waals surface area contributed by atoms with E-state index in [0.29, 0.717) is 6.10 Å². The SMILES string of the molecule is Cc1cc(C)c(N(C)CCC2CNCCO2)cc1C. The summed E-state index contributed by atoms with van der Waals surface area (Å²) in [6.45, 7) is 10.4. The summed E-state index contributed by atoms with van der Waals surface area (Å²) in [7, 11) is 2.17. The number of benzene rings is 1. The Labute approximate surface area is 116 Å². The van der Waals surface area contributed by atoms with Crippen molar-refractivity contribution in [1.29, 1.82) is 0 Å². The fourth-order valence-corrected chi connectivity index (χ4v) is 2.62. The first-order valence-electron chi connectivity index (χ1n) is 7.19. The second kappa shape index (κ2) is 6.40.